The van der Waals surface area contributed by atoms with E-state index in [4.69, 9.17) is 24.2 Å². The first-order valence-corrected chi connectivity index (χ1v) is 6.53. The Kier molecular flexibility index (Phi) is 3.98. The molecule has 2 heterocycles. The number of oxime groups is 1. The summed E-state index contributed by atoms with van der Waals surface area (Å²) in [6, 6.07) is 9.65. The standard InChI is InChI=1S/C14H17NO5/c1-17-12-7-10(15-16)13-11(19-12)8-18-14(20-13)9-5-3-2-4-6-9/h2-6,11-14,16H,7-8H2,1H3/b15-10-/t11-,12+,13+,14-/m0/s1. The maximum absolute atomic E-state index is 9.16. The molecule has 0 unspecified atom stereocenters. The highest BCUT2D eigenvalue weighted by molar-refractivity contribution is 5.89. The molecule has 0 saturated carbocycles. The van der Waals surface area contributed by atoms with Crippen LogP contribution in [0.5, 0.6) is 0 Å². The third-order valence-electron chi connectivity index (χ3n) is 3.51. The number of methoxy groups -OCH3 is 1. The molecule has 0 aromatic heterocycles. The van der Waals surface area contributed by atoms with Gasteiger partial charge < -0.3 is 24.2 Å². The fraction of sp³-hybridized carbons (Fsp3) is 0.500. The Morgan fingerprint density at radius 1 is 1.25 bits per heavy atom. The van der Waals surface area contributed by atoms with Crippen LogP contribution in [0.3, 0.4) is 0 Å². The number of hydrogen-bond acceptors (Lipinski definition) is 6. The van der Waals surface area contributed by atoms with Gasteiger partial charge in [-0.15, -0.1) is 0 Å². The first-order valence-electron chi connectivity index (χ1n) is 6.53. The molecule has 3 rings (SSSR count). The minimum absolute atomic E-state index is 0.320. The van der Waals surface area contributed by atoms with E-state index in [-0.39, 0.29) is 6.10 Å². The van der Waals surface area contributed by atoms with E-state index in [2.05, 4.69) is 5.16 Å². The first-order chi connectivity index (χ1) is 9.81. The van der Waals surface area contributed by atoms with Gasteiger partial charge in [0.05, 0.1) is 12.3 Å². The Bertz CT molecular complexity index is 478. The van der Waals surface area contributed by atoms with Crippen molar-refractivity contribution < 1.29 is 24.2 Å². The normalized spacial score (nSPS) is 35.8. The van der Waals surface area contributed by atoms with E-state index >= 15 is 0 Å². The van der Waals surface area contributed by atoms with E-state index in [1.807, 2.05) is 30.3 Å². The fourth-order valence-corrected chi connectivity index (χ4v) is 2.49. The molecule has 108 valence electrons. The van der Waals surface area contributed by atoms with Gasteiger partial charge in [-0.3, -0.25) is 0 Å². The molecule has 0 aliphatic carbocycles. The van der Waals surface area contributed by atoms with Crippen molar-refractivity contribution in [3.63, 3.8) is 0 Å². The van der Waals surface area contributed by atoms with Crippen LogP contribution in [0, 0.1) is 0 Å². The quantitative estimate of drug-likeness (QED) is 0.659. The van der Waals surface area contributed by atoms with Gasteiger partial charge in [0.1, 0.15) is 12.2 Å². The molecule has 1 aromatic carbocycles. The second-order valence-corrected chi connectivity index (χ2v) is 4.77. The molecule has 0 amide bonds. The van der Waals surface area contributed by atoms with E-state index in [0.29, 0.717) is 18.7 Å². The van der Waals surface area contributed by atoms with Crippen molar-refractivity contribution in [2.45, 2.75) is 31.2 Å². The van der Waals surface area contributed by atoms with Crippen LogP contribution in [-0.4, -0.2) is 43.1 Å². The fourth-order valence-electron chi connectivity index (χ4n) is 2.49. The van der Waals surface area contributed by atoms with Crippen LogP contribution in [0.25, 0.3) is 0 Å². The van der Waals surface area contributed by atoms with E-state index < -0.39 is 18.7 Å². The van der Waals surface area contributed by atoms with Gasteiger partial charge in [0.25, 0.3) is 0 Å². The van der Waals surface area contributed by atoms with Gasteiger partial charge in [-0.05, 0) is 0 Å². The molecular weight excluding hydrogens is 262 g/mol. The van der Waals surface area contributed by atoms with E-state index in [1.165, 1.54) is 0 Å². The SMILES string of the molecule is CO[C@H]1C/C(=N/O)[C@H]2O[C@@H](c3ccccc3)OC[C@@H]2O1. The second kappa shape index (κ2) is 5.88. The number of ether oxygens (including phenoxy) is 4. The molecule has 6 heteroatoms. The summed E-state index contributed by atoms with van der Waals surface area (Å²) in [7, 11) is 1.55. The highest BCUT2D eigenvalue weighted by Gasteiger charge is 2.42. The highest BCUT2D eigenvalue weighted by atomic mass is 16.7. The summed E-state index contributed by atoms with van der Waals surface area (Å²) in [4.78, 5) is 0. The molecule has 1 aromatic rings. The molecule has 2 saturated heterocycles. The van der Waals surface area contributed by atoms with Crippen molar-refractivity contribution in [2.75, 3.05) is 13.7 Å². The zero-order valence-corrected chi connectivity index (χ0v) is 11.1. The van der Waals surface area contributed by atoms with E-state index in [1.54, 1.807) is 7.11 Å². The Morgan fingerprint density at radius 2 is 2.05 bits per heavy atom. The molecular formula is C14H17NO5. The molecule has 4 atom stereocenters. The molecule has 6 nitrogen and oxygen atoms in total. The van der Waals surface area contributed by atoms with Crippen molar-refractivity contribution >= 4 is 5.71 Å². The van der Waals surface area contributed by atoms with Crippen LogP contribution < -0.4 is 0 Å². The molecule has 0 bridgehead atoms. The monoisotopic (exact) mass is 279 g/mol. The summed E-state index contributed by atoms with van der Waals surface area (Å²) in [6.45, 7) is 0.364. The smallest absolute Gasteiger partial charge is 0.184 e. The van der Waals surface area contributed by atoms with Crippen LogP contribution in [0.1, 0.15) is 18.3 Å². The largest absolute Gasteiger partial charge is 0.411 e. The zero-order chi connectivity index (χ0) is 13.9. The maximum Gasteiger partial charge on any atom is 0.184 e. The molecule has 0 spiro atoms. The van der Waals surface area contributed by atoms with Gasteiger partial charge in [0.2, 0.25) is 0 Å². The third-order valence-corrected chi connectivity index (χ3v) is 3.51. The minimum Gasteiger partial charge on any atom is -0.411 e. The van der Waals surface area contributed by atoms with E-state index in [9.17, 15) is 0 Å². The van der Waals surface area contributed by atoms with Crippen molar-refractivity contribution in [3.05, 3.63) is 35.9 Å². The van der Waals surface area contributed by atoms with Crippen LogP contribution in [0.4, 0.5) is 0 Å². The molecule has 2 aliphatic heterocycles. The predicted octanol–water partition coefficient (Wildman–Crippen LogP) is 1.69. The average molecular weight is 279 g/mol. The van der Waals surface area contributed by atoms with Crippen LogP contribution in [0.2, 0.25) is 0 Å². The van der Waals surface area contributed by atoms with Crippen molar-refractivity contribution in [2.24, 2.45) is 5.16 Å². The molecule has 2 fully saturated rings. The van der Waals surface area contributed by atoms with Gasteiger partial charge in [0.15, 0.2) is 12.6 Å². The van der Waals surface area contributed by atoms with Crippen LogP contribution >= 0.6 is 0 Å². The summed E-state index contributed by atoms with van der Waals surface area (Å²) in [6.07, 6.45) is -1.25. The molecule has 1 N–H and O–H groups in total. The number of fused-ring (bicyclic) bond motifs is 1. The van der Waals surface area contributed by atoms with Gasteiger partial charge in [-0.1, -0.05) is 35.5 Å². The second-order valence-electron chi connectivity index (χ2n) is 4.77. The van der Waals surface area contributed by atoms with Gasteiger partial charge >= 0.3 is 0 Å². The lowest BCUT2D eigenvalue weighted by atomic mass is 10.0. The zero-order valence-electron chi connectivity index (χ0n) is 11.1. The summed E-state index contributed by atoms with van der Waals surface area (Å²) >= 11 is 0. The number of hydrogen-bond donors (Lipinski definition) is 1. The first kappa shape index (κ1) is 13.5. The summed E-state index contributed by atoms with van der Waals surface area (Å²) in [5.74, 6) is 0. The number of nitrogens with zero attached hydrogens (tertiary/aromatic N) is 1. The lowest BCUT2D eigenvalue weighted by Gasteiger charge is -2.41. The molecule has 20 heavy (non-hydrogen) atoms. The Hall–Kier alpha value is -1.47. The maximum atomic E-state index is 9.16. The molecule has 0 radical (unpaired) electrons. The lowest BCUT2D eigenvalue weighted by molar-refractivity contribution is -0.286. The molecule has 2 aliphatic rings. The van der Waals surface area contributed by atoms with E-state index in [0.717, 1.165) is 5.56 Å². The Labute approximate surface area is 116 Å². The summed E-state index contributed by atoms with van der Waals surface area (Å²) < 4.78 is 22.4. The lowest BCUT2D eigenvalue weighted by Crippen LogP contribution is -2.53. The van der Waals surface area contributed by atoms with Crippen molar-refractivity contribution in [1.29, 1.82) is 0 Å². The Morgan fingerprint density at radius 3 is 2.75 bits per heavy atom. The Balaban J connectivity index is 1.76. The van der Waals surface area contributed by atoms with Gasteiger partial charge in [-0.2, -0.15) is 0 Å². The predicted molar refractivity (Wildman–Crippen MR) is 69.5 cm³/mol. The topological polar surface area (TPSA) is 69.5 Å². The summed E-state index contributed by atoms with van der Waals surface area (Å²) in [5.41, 5.74) is 1.45. The van der Waals surface area contributed by atoms with Crippen molar-refractivity contribution in [1.82, 2.24) is 0 Å². The van der Waals surface area contributed by atoms with Gasteiger partial charge in [0, 0.05) is 19.1 Å². The van der Waals surface area contributed by atoms with Gasteiger partial charge in [-0.25, -0.2) is 0 Å². The van der Waals surface area contributed by atoms with Crippen LogP contribution in [-0.2, 0) is 18.9 Å². The third kappa shape index (κ3) is 2.55. The van der Waals surface area contributed by atoms with Crippen LogP contribution in [0.15, 0.2) is 35.5 Å². The minimum atomic E-state index is -0.475. The average Bonchev–Trinajstić information content (AvgIpc) is 2.54. The number of rotatable bonds is 2. The highest BCUT2D eigenvalue weighted by Crippen LogP contribution is 2.32. The number of benzene rings is 1. The summed E-state index contributed by atoms with van der Waals surface area (Å²) in [5, 5.41) is 12.5. The van der Waals surface area contributed by atoms with Crippen molar-refractivity contribution in [3.8, 4) is 0 Å².